The third-order valence-electron chi connectivity index (χ3n) is 9.41. The molecule has 0 radical (unpaired) electrons. The van der Waals surface area contributed by atoms with Gasteiger partial charge in [0.2, 0.25) is 17.7 Å². The van der Waals surface area contributed by atoms with E-state index >= 15 is 0 Å². The van der Waals surface area contributed by atoms with Crippen LogP contribution in [0.4, 0.5) is 5.69 Å². The highest BCUT2D eigenvalue weighted by atomic mass is 32.1. The smallest absolute Gasteiger partial charge is 0.246 e. The zero-order valence-electron chi connectivity index (χ0n) is 32.6. The van der Waals surface area contributed by atoms with Gasteiger partial charge in [0.1, 0.15) is 30.7 Å². The largest absolute Gasteiger partial charge is 0.494 e. The van der Waals surface area contributed by atoms with Gasteiger partial charge in [0, 0.05) is 38.6 Å². The van der Waals surface area contributed by atoms with E-state index in [1.165, 1.54) is 5.49 Å². The average molecular weight is 794 g/mol. The number of likely N-dealkylation sites (tertiary alicyclic amines) is 1. The molecule has 2 heterocycles. The number of nitrogens with zero attached hydrogens (tertiary/aromatic N) is 3. The van der Waals surface area contributed by atoms with Gasteiger partial charge in [0.15, 0.2) is 0 Å². The van der Waals surface area contributed by atoms with E-state index in [9.17, 15) is 19.2 Å². The number of nitrogens with one attached hydrogen (secondary N) is 2. The monoisotopic (exact) mass is 793 g/mol. The van der Waals surface area contributed by atoms with Crippen LogP contribution in [0.25, 0.3) is 10.4 Å². The van der Waals surface area contributed by atoms with Crippen LogP contribution in [0.1, 0.15) is 71.1 Å². The van der Waals surface area contributed by atoms with Crippen LogP contribution in [0, 0.1) is 12.8 Å². The van der Waals surface area contributed by atoms with Crippen LogP contribution in [0.5, 0.6) is 5.75 Å². The van der Waals surface area contributed by atoms with Gasteiger partial charge in [-0.1, -0.05) is 50.3 Å². The maximum Gasteiger partial charge on any atom is 0.246 e. The Kier molecular flexibility index (Phi) is 17.2. The topological polar surface area (TPSA) is 139 Å². The molecule has 0 spiro atoms. The molecule has 1 aliphatic heterocycles. The van der Waals surface area contributed by atoms with Gasteiger partial charge in [-0.15, -0.1) is 11.3 Å². The summed E-state index contributed by atoms with van der Waals surface area (Å²) in [6, 6.07) is 14.2. The lowest BCUT2D eigenvalue weighted by Gasteiger charge is -2.32. The van der Waals surface area contributed by atoms with Crippen molar-refractivity contribution in [2.45, 2.75) is 90.9 Å². The van der Waals surface area contributed by atoms with Gasteiger partial charge in [-0.2, -0.15) is 0 Å². The minimum Gasteiger partial charge on any atom is -0.494 e. The number of anilines is 1. The molecule has 55 heavy (non-hydrogen) atoms. The van der Waals surface area contributed by atoms with Crippen molar-refractivity contribution in [2.75, 3.05) is 44.5 Å². The summed E-state index contributed by atoms with van der Waals surface area (Å²) in [5.74, 6) is -0.256. The van der Waals surface area contributed by atoms with Gasteiger partial charge in [0.25, 0.3) is 0 Å². The third kappa shape index (κ3) is 12.9. The highest BCUT2D eigenvalue weighted by Gasteiger charge is 2.38. The molecule has 4 rings (SSSR count). The maximum absolute atomic E-state index is 13.6. The van der Waals surface area contributed by atoms with E-state index in [1.54, 1.807) is 35.0 Å². The number of amides is 3. The van der Waals surface area contributed by atoms with Crippen molar-refractivity contribution < 1.29 is 33.4 Å². The van der Waals surface area contributed by atoms with Gasteiger partial charge in [-0.05, 0) is 94.2 Å². The number of ether oxygens (including phenoxy) is 3. The first-order chi connectivity index (χ1) is 26.4. The molecule has 1 aliphatic rings. The Balaban J connectivity index is 1.08. The average Bonchev–Trinajstić information content (AvgIpc) is 3.85. The highest BCUT2D eigenvalue weighted by Crippen LogP contribution is 2.28. The van der Waals surface area contributed by atoms with Crippen molar-refractivity contribution in [3.8, 4) is 16.2 Å². The quantitative estimate of drug-likeness (QED) is 0.0679. The lowest BCUT2D eigenvalue weighted by atomic mass is 10.0. The minimum absolute atomic E-state index is 0.168. The fraction of sp³-hybridized carbons (Fsp3) is 0.512. The molecule has 0 aliphatic carbocycles. The Morgan fingerprint density at radius 3 is 2.36 bits per heavy atom. The van der Waals surface area contributed by atoms with E-state index in [0.717, 1.165) is 58.7 Å². The Bertz CT molecular complexity index is 1700. The first kappa shape index (κ1) is 43.5. The first-order valence-electron chi connectivity index (χ1n) is 18.9. The fourth-order valence-corrected chi connectivity index (χ4v) is 7.39. The second kappa shape index (κ2) is 21.7. The number of aldehydes is 1. The predicted molar refractivity (Wildman–Crippen MR) is 219 cm³/mol. The zero-order chi connectivity index (χ0) is 39.8. The third-order valence-corrected chi connectivity index (χ3v) is 10.6. The van der Waals surface area contributed by atoms with E-state index in [0.29, 0.717) is 52.4 Å². The molecule has 0 saturated carbocycles. The number of hydrogen-bond acceptors (Lipinski definition) is 10. The van der Waals surface area contributed by atoms with Gasteiger partial charge in [-0.3, -0.25) is 14.4 Å². The molecule has 3 amide bonds. The number of aromatic nitrogens is 1. The summed E-state index contributed by atoms with van der Waals surface area (Å²) in [5.41, 5.74) is 6.44. The van der Waals surface area contributed by atoms with Gasteiger partial charge >= 0.3 is 0 Å². The van der Waals surface area contributed by atoms with E-state index in [4.69, 9.17) is 26.4 Å². The molecule has 2 atom stereocenters. The number of hydrogen-bond donors (Lipinski definition) is 2. The van der Waals surface area contributed by atoms with Crippen LogP contribution in [0.3, 0.4) is 0 Å². The Hall–Kier alpha value is -4.24. The number of carbonyl (C=O) groups excluding carboxylic acids is 4. The lowest BCUT2D eigenvalue weighted by molar-refractivity contribution is -0.143. The molecule has 2 aromatic carbocycles. The second-order valence-electron chi connectivity index (χ2n) is 14.5. The summed E-state index contributed by atoms with van der Waals surface area (Å²) in [7, 11) is 0. The predicted octanol–water partition coefficient (Wildman–Crippen LogP) is 5.89. The van der Waals surface area contributed by atoms with Crippen LogP contribution in [-0.4, -0.2) is 96.6 Å². The van der Waals surface area contributed by atoms with Gasteiger partial charge in [0.05, 0.1) is 33.7 Å². The molecular weight excluding hydrogens is 739 g/mol. The number of aryl methyl sites for hydroxylation is 1. The summed E-state index contributed by atoms with van der Waals surface area (Å²) in [6.45, 7) is 12.0. The van der Waals surface area contributed by atoms with E-state index in [1.807, 2.05) is 74.8 Å². The van der Waals surface area contributed by atoms with Crippen molar-refractivity contribution in [1.29, 1.82) is 0 Å². The number of rotatable bonds is 23. The molecule has 1 aromatic heterocycles. The Morgan fingerprint density at radius 2 is 1.71 bits per heavy atom. The molecule has 298 valence electrons. The number of benzene rings is 2. The first-order valence-corrected chi connectivity index (χ1v) is 20.3. The van der Waals surface area contributed by atoms with Crippen molar-refractivity contribution in [3.63, 3.8) is 0 Å². The standard InChI is InChI=1S/C41H55N5O7S2/c1-29(2)37(40(50)45-19-8-10-35(45)39(49)42-24-31-11-13-32(14-12-31)38-30(3)43-27-55-38)44-36(48)25-52-22-9-21-51-20-6-7-23-53-34-17-15-33(16-18-34)46(28-54)41(4,5)26-47/h11-18,26-29,35,37H,6-10,19-25H2,1-5H3,(H,42,49)(H,44,48). The fourth-order valence-electron chi connectivity index (χ4n) is 6.19. The number of thiocarbonyl (C=S) groups is 1. The van der Waals surface area contributed by atoms with E-state index in [-0.39, 0.29) is 30.2 Å². The van der Waals surface area contributed by atoms with Crippen molar-refractivity contribution >= 4 is 58.7 Å². The molecule has 2 N–H and O–H groups in total. The maximum atomic E-state index is 13.6. The number of unbranched alkanes of at least 4 members (excludes halogenated alkanes) is 1. The van der Waals surface area contributed by atoms with Gasteiger partial charge < -0.3 is 39.4 Å². The zero-order valence-corrected chi connectivity index (χ0v) is 34.2. The molecule has 12 nitrogen and oxygen atoms in total. The molecule has 1 fully saturated rings. The van der Waals surface area contributed by atoms with Gasteiger partial charge in [-0.25, -0.2) is 4.98 Å². The SMILES string of the molecule is Cc1ncsc1-c1ccc(CNC(=O)C2CCCN2C(=O)C(NC(=O)COCCCOCCCCOc2ccc(N(C=S)C(C)(C)C=O)cc2)C(C)C)cc1. The van der Waals surface area contributed by atoms with Crippen molar-refractivity contribution in [1.82, 2.24) is 20.5 Å². The molecule has 3 aromatic rings. The van der Waals surface area contributed by atoms with E-state index < -0.39 is 17.6 Å². The lowest BCUT2D eigenvalue weighted by Crippen LogP contribution is -2.55. The van der Waals surface area contributed by atoms with E-state index in [2.05, 4.69) is 15.6 Å². The van der Waals surface area contributed by atoms with Crippen LogP contribution >= 0.6 is 23.6 Å². The normalized spacial score (nSPS) is 14.7. The Labute approximate surface area is 334 Å². The number of thiazole rings is 1. The Morgan fingerprint density at radius 1 is 1.02 bits per heavy atom. The molecule has 0 bridgehead atoms. The second-order valence-corrected chi connectivity index (χ2v) is 15.5. The minimum atomic E-state index is -0.763. The molecule has 1 saturated heterocycles. The summed E-state index contributed by atoms with van der Waals surface area (Å²) >= 11 is 6.69. The summed E-state index contributed by atoms with van der Waals surface area (Å²) in [5, 5.41) is 5.84. The van der Waals surface area contributed by atoms with Crippen LogP contribution in [0.15, 0.2) is 54.0 Å². The molecule has 2 unspecified atom stereocenters. The summed E-state index contributed by atoms with van der Waals surface area (Å²) in [6.07, 6.45) is 4.45. The van der Waals surface area contributed by atoms with Crippen LogP contribution in [0.2, 0.25) is 0 Å². The highest BCUT2D eigenvalue weighted by molar-refractivity contribution is 7.79. The summed E-state index contributed by atoms with van der Waals surface area (Å²) in [4.78, 5) is 59.8. The van der Waals surface area contributed by atoms with Crippen LogP contribution < -0.4 is 20.3 Å². The molecule has 14 heteroatoms. The van der Waals surface area contributed by atoms with Crippen molar-refractivity contribution in [2.24, 2.45) is 5.92 Å². The van der Waals surface area contributed by atoms with Crippen LogP contribution in [-0.2, 0) is 35.2 Å². The molecular formula is C41H55N5O7S2. The van der Waals surface area contributed by atoms with Crippen molar-refractivity contribution in [3.05, 3.63) is 65.3 Å². The summed E-state index contributed by atoms with van der Waals surface area (Å²) < 4.78 is 17.1. The number of carbonyl (C=O) groups is 4.